The molecule has 2 N–H and O–H groups in total. The van der Waals surface area contributed by atoms with E-state index in [1.54, 1.807) is 20.8 Å². The summed E-state index contributed by atoms with van der Waals surface area (Å²) in [5.41, 5.74) is 0. The standard InChI is InChI=1S/C7H14O4/c1-4-7(10,6(8)9)11-5(2)3/h5,10H,4H2,1-3H3,(H,8,9). The second kappa shape index (κ2) is 3.69. The molecule has 0 saturated carbocycles. The van der Waals surface area contributed by atoms with E-state index in [0.29, 0.717) is 0 Å². The van der Waals surface area contributed by atoms with Crippen molar-refractivity contribution in [2.24, 2.45) is 0 Å². The third-order valence-corrected chi connectivity index (χ3v) is 1.24. The number of carbonyl (C=O) groups is 1. The van der Waals surface area contributed by atoms with Crippen LogP contribution in [0.25, 0.3) is 0 Å². The van der Waals surface area contributed by atoms with Gasteiger partial charge in [-0.05, 0) is 13.8 Å². The Morgan fingerprint density at radius 1 is 1.64 bits per heavy atom. The SMILES string of the molecule is CCC(O)(OC(C)C)C(=O)O. The van der Waals surface area contributed by atoms with Crippen molar-refractivity contribution in [1.82, 2.24) is 0 Å². The molecule has 0 aromatic rings. The molecule has 0 radical (unpaired) electrons. The maximum atomic E-state index is 10.4. The minimum absolute atomic E-state index is 0.0422. The van der Waals surface area contributed by atoms with E-state index in [2.05, 4.69) is 0 Å². The van der Waals surface area contributed by atoms with Crippen molar-refractivity contribution < 1.29 is 19.7 Å². The lowest BCUT2D eigenvalue weighted by Crippen LogP contribution is -2.42. The van der Waals surface area contributed by atoms with Gasteiger partial charge in [0.1, 0.15) is 0 Å². The first kappa shape index (κ1) is 10.4. The Bertz CT molecular complexity index is 143. The largest absolute Gasteiger partial charge is 0.477 e. The molecule has 1 unspecified atom stereocenters. The van der Waals surface area contributed by atoms with Crippen LogP contribution in [0, 0.1) is 0 Å². The summed E-state index contributed by atoms with van der Waals surface area (Å²) in [6.07, 6.45) is -0.253. The van der Waals surface area contributed by atoms with E-state index < -0.39 is 11.8 Å². The predicted molar refractivity (Wildman–Crippen MR) is 39.1 cm³/mol. The van der Waals surface area contributed by atoms with Crippen LogP contribution in [0.2, 0.25) is 0 Å². The molecule has 4 heteroatoms. The molecule has 0 heterocycles. The Labute approximate surface area is 65.8 Å². The molecule has 0 aliphatic rings. The first-order valence-corrected chi connectivity index (χ1v) is 3.56. The van der Waals surface area contributed by atoms with Crippen molar-refractivity contribution in [3.05, 3.63) is 0 Å². The average molecular weight is 162 g/mol. The van der Waals surface area contributed by atoms with Gasteiger partial charge in [0.15, 0.2) is 0 Å². The van der Waals surface area contributed by atoms with Crippen molar-refractivity contribution >= 4 is 5.97 Å². The second-order valence-corrected chi connectivity index (χ2v) is 2.61. The molecule has 0 amide bonds. The van der Waals surface area contributed by atoms with Gasteiger partial charge in [-0.1, -0.05) is 6.92 Å². The molecule has 0 aliphatic carbocycles. The maximum absolute atomic E-state index is 10.4. The molecule has 4 nitrogen and oxygen atoms in total. The molecule has 0 aliphatic heterocycles. The monoisotopic (exact) mass is 162 g/mol. The number of rotatable bonds is 4. The zero-order chi connectivity index (χ0) is 9.07. The van der Waals surface area contributed by atoms with Crippen molar-refractivity contribution in [2.75, 3.05) is 0 Å². The van der Waals surface area contributed by atoms with Crippen LogP contribution in [0.15, 0.2) is 0 Å². The summed E-state index contributed by atoms with van der Waals surface area (Å²) in [6, 6.07) is 0. The highest BCUT2D eigenvalue weighted by Gasteiger charge is 2.35. The van der Waals surface area contributed by atoms with E-state index in [9.17, 15) is 9.90 Å². The van der Waals surface area contributed by atoms with Crippen LogP contribution in [0.5, 0.6) is 0 Å². The summed E-state index contributed by atoms with van der Waals surface area (Å²) in [7, 11) is 0. The van der Waals surface area contributed by atoms with Gasteiger partial charge in [-0.2, -0.15) is 0 Å². The van der Waals surface area contributed by atoms with E-state index in [0.717, 1.165) is 0 Å². The van der Waals surface area contributed by atoms with Crippen LogP contribution in [-0.4, -0.2) is 28.1 Å². The fraction of sp³-hybridized carbons (Fsp3) is 0.857. The maximum Gasteiger partial charge on any atom is 0.364 e. The van der Waals surface area contributed by atoms with Crippen LogP contribution in [0.3, 0.4) is 0 Å². The number of hydrogen-bond acceptors (Lipinski definition) is 3. The highest BCUT2D eigenvalue weighted by molar-refractivity contribution is 5.75. The molecular formula is C7H14O4. The van der Waals surface area contributed by atoms with Crippen LogP contribution >= 0.6 is 0 Å². The Morgan fingerprint density at radius 2 is 2.09 bits per heavy atom. The smallest absolute Gasteiger partial charge is 0.364 e. The average Bonchev–Trinajstić information content (AvgIpc) is 1.86. The van der Waals surface area contributed by atoms with E-state index in [1.165, 1.54) is 0 Å². The topological polar surface area (TPSA) is 66.8 Å². The van der Waals surface area contributed by atoms with Crippen molar-refractivity contribution in [1.29, 1.82) is 0 Å². The summed E-state index contributed by atoms with van der Waals surface area (Å²) >= 11 is 0. The summed E-state index contributed by atoms with van der Waals surface area (Å²) in [5, 5.41) is 17.8. The quantitative estimate of drug-likeness (QED) is 0.594. The van der Waals surface area contributed by atoms with E-state index >= 15 is 0 Å². The third kappa shape index (κ3) is 2.86. The van der Waals surface area contributed by atoms with Gasteiger partial charge in [-0.25, -0.2) is 4.79 Å². The van der Waals surface area contributed by atoms with Gasteiger partial charge >= 0.3 is 5.97 Å². The van der Waals surface area contributed by atoms with Crippen LogP contribution in [-0.2, 0) is 9.53 Å². The molecule has 0 fully saturated rings. The molecule has 66 valence electrons. The van der Waals surface area contributed by atoms with E-state index in [4.69, 9.17) is 9.84 Å². The number of aliphatic carboxylic acids is 1. The van der Waals surface area contributed by atoms with Crippen LogP contribution < -0.4 is 0 Å². The van der Waals surface area contributed by atoms with Gasteiger partial charge in [0.25, 0.3) is 5.79 Å². The zero-order valence-electron chi connectivity index (χ0n) is 7.00. The molecular weight excluding hydrogens is 148 g/mol. The Hall–Kier alpha value is -0.610. The Balaban J connectivity index is 4.22. The van der Waals surface area contributed by atoms with Gasteiger partial charge in [0.05, 0.1) is 6.10 Å². The second-order valence-electron chi connectivity index (χ2n) is 2.61. The van der Waals surface area contributed by atoms with Gasteiger partial charge in [-0.15, -0.1) is 0 Å². The van der Waals surface area contributed by atoms with Crippen LogP contribution in [0.1, 0.15) is 27.2 Å². The van der Waals surface area contributed by atoms with Gasteiger partial charge in [0, 0.05) is 6.42 Å². The van der Waals surface area contributed by atoms with Crippen molar-refractivity contribution in [3.63, 3.8) is 0 Å². The summed E-state index contributed by atoms with van der Waals surface area (Å²) in [5.74, 6) is -3.36. The van der Waals surface area contributed by atoms with Gasteiger partial charge < -0.3 is 14.9 Å². The molecule has 0 rings (SSSR count). The van der Waals surface area contributed by atoms with Crippen molar-refractivity contribution in [3.8, 4) is 0 Å². The summed E-state index contributed by atoms with van der Waals surface area (Å²) < 4.78 is 4.80. The molecule has 0 saturated heterocycles. The molecule has 11 heavy (non-hydrogen) atoms. The molecule has 0 aromatic carbocycles. The number of hydrogen-bond donors (Lipinski definition) is 2. The fourth-order valence-electron chi connectivity index (χ4n) is 0.675. The molecule has 1 atom stereocenters. The Morgan fingerprint density at radius 3 is 2.18 bits per heavy atom. The van der Waals surface area contributed by atoms with E-state index in [1.807, 2.05) is 0 Å². The first-order chi connectivity index (χ1) is 4.92. The number of carboxylic acids is 1. The number of carboxylic acid groups (broad SMARTS) is 1. The molecule has 0 aromatic heterocycles. The lowest BCUT2D eigenvalue weighted by atomic mass is 10.2. The summed E-state index contributed by atoms with van der Waals surface area (Å²) in [6.45, 7) is 4.89. The Kier molecular flexibility index (Phi) is 3.48. The van der Waals surface area contributed by atoms with Crippen LogP contribution in [0.4, 0.5) is 0 Å². The van der Waals surface area contributed by atoms with Crippen molar-refractivity contribution in [2.45, 2.75) is 39.1 Å². The zero-order valence-corrected chi connectivity index (χ0v) is 7.00. The first-order valence-electron chi connectivity index (χ1n) is 3.56. The highest BCUT2D eigenvalue weighted by Crippen LogP contribution is 2.14. The third-order valence-electron chi connectivity index (χ3n) is 1.24. The molecule has 0 bridgehead atoms. The van der Waals surface area contributed by atoms with Gasteiger partial charge in [0.2, 0.25) is 0 Å². The normalized spacial score (nSPS) is 16.5. The molecule has 0 spiro atoms. The highest BCUT2D eigenvalue weighted by atomic mass is 16.7. The minimum Gasteiger partial charge on any atom is -0.477 e. The number of aliphatic hydroxyl groups is 1. The van der Waals surface area contributed by atoms with E-state index in [-0.39, 0.29) is 12.5 Å². The minimum atomic E-state index is -2.02. The lowest BCUT2D eigenvalue weighted by Gasteiger charge is -2.24. The lowest BCUT2D eigenvalue weighted by molar-refractivity contribution is -0.236. The fourth-order valence-corrected chi connectivity index (χ4v) is 0.675. The predicted octanol–water partition coefficient (Wildman–Crippen LogP) is 0.595. The number of ether oxygens (including phenoxy) is 1. The summed E-state index contributed by atoms with van der Waals surface area (Å²) in [4.78, 5) is 10.4. The van der Waals surface area contributed by atoms with Gasteiger partial charge in [-0.3, -0.25) is 0 Å².